The molecule has 0 aromatic carbocycles. The van der Waals surface area contributed by atoms with E-state index in [0.29, 0.717) is 0 Å². The lowest BCUT2D eigenvalue weighted by Gasteiger charge is -1.70. The SMILES string of the molecule is N/C=N\C(=S)Cl. The second kappa shape index (κ2) is 3.06. The topological polar surface area (TPSA) is 38.4 Å². The average Bonchev–Trinajstić information content (AvgIpc) is 1.35. The third-order valence-corrected chi connectivity index (χ3v) is 0.379. The van der Waals surface area contributed by atoms with E-state index in [-0.39, 0.29) is 4.45 Å². The van der Waals surface area contributed by atoms with Crippen LogP contribution in [0.4, 0.5) is 0 Å². The van der Waals surface area contributed by atoms with Gasteiger partial charge in [0.25, 0.3) is 0 Å². The number of halogens is 1. The highest BCUT2D eigenvalue weighted by Gasteiger charge is 1.72. The quantitative estimate of drug-likeness (QED) is 0.167. The number of rotatable bonds is 0. The monoisotopic (exact) mass is 122 g/mol. The highest BCUT2D eigenvalue weighted by Crippen LogP contribution is 1.81. The maximum absolute atomic E-state index is 5.03. The second-order valence-corrected chi connectivity index (χ2v) is 1.50. The van der Waals surface area contributed by atoms with E-state index >= 15 is 0 Å². The van der Waals surface area contributed by atoms with Crippen molar-refractivity contribution in [3.8, 4) is 0 Å². The summed E-state index contributed by atoms with van der Waals surface area (Å²) in [5, 5.41) is 0. The molecule has 0 aromatic heterocycles. The molecule has 0 aliphatic rings. The first-order valence-electron chi connectivity index (χ1n) is 1.21. The normalized spacial score (nSPS) is 9.50. The van der Waals surface area contributed by atoms with Crippen LogP contribution in [0.3, 0.4) is 0 Å². The molecule has 0 rings (SSSR count). The second-order valence-electron chi connectivity index (χ2n) is 0.531. The zero-order valence-electron chi connectivity index (χ0n) is 2.89. The Morgan fingerprint density at radius 1 is 2.00 bits per heavy atom. The lowest BCUT2D eigenvalue weighted by molar-refractivity contribution is 1.73. The Kier molecular flexibility index (Phi) is 2.98. The minimum Gasteiger partial charge on any atom is -0.390 e. The minimum absolute atomic E-state index is 0.0394. The first kappa shape index (κ1) is 5.85. The van der Waals surface area contributed by atoms with Crippen LogP contribution in [0.25, 0.3) is 0 Å². The third-order valence-electron chi connectivity index (χ3n) is 0.176. The van der Waals surface area contributed by atoms with E-state index in [1.807, 2.05) is 0 Å². The van der Waals surface area contributed by atoms with Gasteiger partial charge >= 0.3 is 0 Å². The molecule has 0 saturated carbocycles. The fraction of sp³-hybridized carbons (Fsp3) is 0. The molecular weight excluding hydrogens is 120 g/mol. The van der Waals surface area contributed by atoms with E-state index in [1.165, 1.54) is 0 Å². The van der Waals surface area contributed by atoms with Crippen LogP contribution in [0.2, 0.25) is 0 Å². The lowest BCUT2D eigenvalue weighted by Crippen LogP contribution is -1.89. The predicted molar refractivity (Wildman–Crippen MR) is 31.1 cm³/mol. The first-order chi connectivity index (χ1) is 2.77. The van der Waals surface area contributed by atoms with Gasteiger partial charge < -0.3 is 5.73 Å². The molecule has 0 atom stereocenters. The van der Waals surface area contributed by atoms with Crippen molar-refractivity contribution in [2.45, 2.75) is 0 Å². The zero-order chi connectivity index (χ0) is 4.99. The third kappa shape index (κ3) is 3.85. The van der Waals surface area contributed by atoms with Crippen LogP contribution < -0.4 is 5.73 Å². The molecule has 0 aromatic rings. The molecule has 0 unspecified atom stereocenters. The summed E-state index contributed by atoms with van der Waals surface area (Å²) in [5.74, 6) is 0. The van der Waals surface area contributed by atoms with Crippen LogP contribution >= 0.6 is 23.8 Å². The molecule has 2 N–H and O–H groups in total. The van der Waals surface area contributed by atoms with Gasteiger partial charge in [-0.1, -0.05) is 0 Å². The van der Waals surface area contributed by atoms with Crippen LogP contribution in [0.5, 0.6) is 0 Å². The van der Waals surface area contributed by atoms with Gasteiger partial charge in [0.15, 0.2) is 4.45 Å². The van der Waals surface area contributed by atoms with Crippen molar-refractivity contribution < 1.29 is 0 Å². The van der Waals surface area contributed by atoms with E-state index in [2.05, 4.69) is 17.2 Å². The average molecular weight is 123 g/mol. The standard InChI is InChI=1S/C2H3ClN2S/c3-2(6)5-1-4/h1H,(H2,4,5,6). The molecule has 0 aliphatic carbocycles. The Morgan fingerprint density at radius 3 is 2.50 bits per heavy atom. The number of nitrogens with two attached hydrogens (primary N) is 1. The minimum atomic E-state index is 0.0394. The van der Waals surface area contributed by atoms with Crippen molar-refractivity contribution >= 4 is 34.6 Å². The fourth-order valence-corrected chi connectivity index (χ4v) is 0.176. The van der Waals surface area contributed by atoms with Gasteiger partial charge in [-0.25, -0.2) is 4.99 Å². The van der Waals surface area contributed by atoms with Gasteiger partial charge in [0, 0.05) is 0 Å². The van der Waals surface area contributed by atoms with Crippen molar-refractivity contribution in [3.63, 3.8) is 0 Å². The highest BCUT2D eigenvalue weighted by atomic mass is 35.5. The van der Waals surface area contributed by atoms with Crippen molar-refractivity contribution in [1.82, 2.24) is 0 Å². The summed E-state index contributed by atoms with van der Waals surface area (Å²) in [6.07, 6.45) is 1.05. The van der Waals surface area contributed by atoms with Gasteiger partial charge in [0.05, 0.1) is 6.34 Å². The molecule has 0 saturated heterocycles. The number of nitrogens with zero attached hydrogens (tertiary/aromatic N) is 1. The molecule has 0 spiro atoms. The number of hydrogen-bond donors (Lipinski definition) is 1. The van der Waals surface area contributed by atoms with E-state index in [1.54, 1.807) is 0 Å². The predicted octanol–water partition coefficient (Wildman–Crippen LogP) is 0.497. The summed E-state index contributed by atoms with van der Waals surface area (Å²) in [5.41, 5.74) is 4.77. The van der Waals surface area contributed by atoms with Crippen molar-refractivity contribution in [2.75, 3.05) is 0 Å². The Labute approximate surface area is 46.0 Å². The molecule has 34 valence electrons. The molecule has 0 heterocycles. The van der Waals surface area contributed by atoms with Crippen LogP contribution in [0, 0.1) is 0 Å². The van der Waals surface area contributed by atoms with Crippen LogP contribution in [-0.2, 0) is 0 Å². The van der Waals surface area contributed by atoms with Gasteiger partial charge in [-0.3, -0.25) is 0 Å². The largest absolute Gasteiger partial charge is 0.390 e. The van der Waals surface area contributed by atoms with Crippen LogP contribution in [-0.4, -0.2) is 10.8 Å². The van der Waals surface area contributed by atoms with E-state index in [9.17, 15) is 0 Å². The van der Waals surface area contributed by atoms with Crippen LogP contribution in [0.15, 0.2) is 4.99 Å². The molecule has 4 heteroatoms. The molecule has 0 bridgehead atoms. The number of thiocarbonyl (C=S) groups is 1. The van der Waals surface area contributed by atoms with E-state index < -0.39 is 0 Å². The summed E-state index contributed by atoms with van der Waals surface area (Å²) < 4.78 is 0.0394. The van der Waals surface area contributed by atoms with Gasteiger partial charge in [0.1, 0.15) is 0 Å². The highest BCUT2D eigenvalue weighted by molar-refractivity contribution is 7.83. The smallest absolute Gasteiger partial charge is 0.194 e. The zero-order valence-corrected chi connectivity index (χ0v) is 4.46. The summed E-state index contributed by atoms with van der Waals surface area (Å²) >= 11 is 9.31. The summed E-state index contributed by atoms with van der Waals surface area (Å²) in [6.45, 7) is 0. The van der Waals surface area contributed by atoms with Gasteiger partial charge in [-0.05, 0) is 23.8 Å². The van der Waals surface area contributed by atoms with E-state index in [0.717, 1.165) is 6.34 Å². The summed E-state index contributed by atoms with van der Waals surface area (Å²) in [7, 11) is 0. The Hall–Kier alpha value is -0.150. The maximum atomic E-state index is 5.03. The van der Waals surface area contributed by atoms with Crippen molar-refractivity contribution in [1.29, 1.82) is 0 Å². The molecule has 6 heavy (non-hydrogen) atoms. The molecule has 2 nitrogen and oxygen atoms in total. The number of hydrogen-bond acceptors (Lipinski definition) is 1. The summed E-state index contributed by atoms with van der Waals surface area (Å²) in [4.78, 5) is 3.27. The van der Waals surface area contributed by atoms with Crippen molar-refractivity contribution in [2.24, 2.45) is 10.7 Å². The lowest BCUT2D eigenvalue weighted by atomic mass is 11.3. The van der Waals surface area contributed by atoms with Crippen molar-refractivity contribution in [3.05, 3.63) is 0 Å². The Bertz CT molecular complexity index is 79.6. The maximum Gasteiger partial charge on any atom is 0.194 e. The first-order valence-corrected chi connectivity index (χ1v) is 1.99. The Morgan fingerprint density at radius 2 is 2.50 bits per heavy atom. The van der Waals surface area contributed by atoms with E-state index in [4.69, 9.17) is 17.3 Å². The molecule has 0 amide bonds. The molecule has 0 radical (unpaired) electrons. The fourth-order valence-electron chi connectivity index (χ4n) is 0.0586. The van der Waals surface area contributed by atoms with Gasteiger partial charge in [0.2, 0.25) is 0 Å². The number of aliphatic imine (C=N–C) groups is 1. The van der Waals surface area contributed by atoms with Gasteiger partial charge in [-0.15, -0.1) is 0 Å². The summed E-state index contributed by atoms with van der Waals surface area (Å²) in [6, 6.07) is 0. The van der Waals surface area contributed by atoms with Crippen LogP contribution in [0.1, 0.15) is 0 Å². The Balaban J connectivity index is 3.30. The molecular formula is C2H3ClN2S. The van der Waals surface area contributed by atoms with Gasteiger partial charge in [-0.2, -0.15) is 0 Å². The molecule has 0 fully saturated rings. The molecule has 0 aliphatic heterocycles.